The van der Waals surface area contributed by atoms with Crippen LogP contribution in [0.3, 0.4) is 0 Å². The van der Waals surface area contributed by atoms with Gasteiger partial charge < -0.3 is 4.74 Å². The van der Waals surface area contributed by atoms with Crippen LogP contribution in [0, 0.1) is 10.2 Å². The Kier molecular flexibility index (Phi) is 4.35. The minimum atomic E-state index is -4.19. The van der Waals surface area contributed by atoms with E-state index in [9.17, 15) is 0 Å². The summed E-state index contributed by atoms with van der Waals surface area (Å²) >= 11 is 0. The monoisotopic (exact) mass is 286 g/mol. The Morgan fingerprint density at radius 2 is 1.50 bits per heavy atom. The van der Waals surface area contributed by atoms with Gasteiger partial charge in [-0.05, 0) is 26.7 Å². The van der Waals surface area contributed by atoms with Gasteiger partial charge in [-0.2, -0.15) is 0 Å². The first kappa shape index (κ1) is 16.1. The van der Waals surface area contributed by atoms with Crippen molar-refractivity contribution in [2.45, 2.75) is 50.9 Å². The summed E-state index contributed by atoms with van der Waals surface area (Å²) in [4.78, 5) is 0. The van der Waals surface area contributed by atoms with Crippen molar-refractivity contribution in [2.75, 3.05) is 20.6 Å². The Bertz CT molecular complexity index is 288. The van der Waals surface area contributed by atoms with E-state index in [-0.39, 0.29) is 11.3 Å². The van der Waals surface area contributed by atoms with E-state index < -0.39 is 10.2 Å². The normalized spacial score (nSPS) is 28.9. The topological polar surface area (TPSA) is 93.0 Å². The first-order chi connectivity index (χ1) is 7.87. The van der Waals surface area contributed by atoms with Crippen molar-refractivity contribution >= 4 is 0 Å². The van der Waals surface area contributed by atoms with Gasteiger partial charge in [0.15, 0.2) is 0 Å². The van der Waals surface area contributed by atoms with E-state index in [0.29, 0.717) is 0 Å². The van der Waals surface area contributed by atoms with Gasteiger partial charge in [0.25, 0.3) is 0 Å². The number of rotatable bonds is 0. The second-order valence-electron chi connectivity index (χ2n) is 6.29. The van der Waals surface area contributed by atoms with Crippen molar-refractivity contribution in [3.05, 3.63) is 0 Å². The van der Waals surface area contributed by atoms with Gasteiger partial charge in [0, 0.05) is 12.8 Å². The van der Waals surface area contributed by atoms with Gasteiger partial charge in [0.2, 0.25) is 5.72 Å². The maximum absolute atomic E-state index is 8.83. The molecule has 1 saturated heterocycles. The van der Waals surface area contributed by atoms with Crippen LogP contribution in [0.5, 0.6) is 0 Å². The first-order valence-corrected chi connectivity index (χ1v) is 7.39. The average Bonchev–Trinajstić information content (AvgIpc) is 2.52. The summed E-state index contributed by atoms with van der Waals surface area (Å²) in [5, 5.41) is 0. The molecule has 2 fully saturated rings. The summed E-state index contributed by atoms with van der Waals surface area (Å²) < 4.78 is 37.6. The zero-order valence-corrected chi connectivity index (χ0v) is 12.3. The molecule has 0 aromatic heterocycles. The average molecular weight is 287 g/mol. The fourth-order valence-electron chi connectivity index (χ4n) is 3.40. The molecule has 3 N–H and O–H groups in total. The molecular weight excluding hydrogens is 262 g/mol. The number of hydrogen-bond donors (Lipinski definition) is 3. The number of likely N-dealkylation sites (N-methyl/N-ethyl adjacent to an activating group) is 1. The Morgan fingerprint density at radius 1 is 1.11 bits per heavy atom. The van der Waals surface area contributed by atoms with E-state index in [0.717, 1.165) is 11.0 Å². The van der Waals surface area contributed by atoms with Gasteiger partial charge in [0.1, 0.15) is 12.1 Å². The molecule has 2 rings (SSSR count). The van der Waals surface area contributed by atoms with Crippen LogP contribution in [0.2, 0.25) is 0 Å². The number of halogens is 1. The van der Waals surface area contributed by atoms with E-state index in [4.69, 9.17) is 23.4 Å². The molecule has 6 nitrogen and oxygen atoms in total. The molecule has 2 aliphatic rings. The van der Waals surface area contributed by atoms with Crippen molar-refractivity contribution < 1.29 is 38.1 Å². The van der Waals surface area contributed by atoms with Crippen LogP contribution in [0.4, 0.5) is 0 Å². The molecule has 0 bridgehead atoms. The van der Waals surface area contributed by atoms with Gasteiger partial charge in [-0.25, -0.2) is 0 Å². The molecule has 110 valence electrons. The summed E-state index contributed by atoms with van der Waals surface area (Å²) in [6.45, 7) is 5.59. The van der Waals surface area contributed by atoms with Crippen molar-refractivity contribution in [3.8, 4) is 0 Å². The number of hydrogen-bond acceptors (Lipinski definition) is 5. The zero-order valence-electron chi connectivity index (χ0n) is 11.5. The predicted octanol–water partition coefficient (Wildman–Crippen LogP) is -0.718. The van der Waals surface area contributed by atoms with Crippen LogP contribution in [0.1, 0.15) is 39.5 Å². The van der Waals surface area contributed by atoms with Crippen LogP contribution in [0.25, 0.3) is 0 Å². The fourth-order valence-corrected chi connectivity index (χ4v) is 3.40. The second-order valence-corrected chi connectivity index (χ2v) is 7.16. The van der Waals surface area contributed by atoms with Crippen LogP contribution < -0.4 is 4.66 Å². The van der Waals surface area contributed by atoms with E-state index >= 15 is 0 Å². The third kappa shape index (κ3) is 4.03. The van der Waals surface area contributed by atoms with Crippen LogP contribution in [-0.2, 0) is 4.74 Å². The van der Waals surface area contributed by atoms with Crippen LogP contribution >= 0.6 is 0 Å². The summed E-state index contributed by atoms with van der Waals surface area (Å²) in [5.41, 5.74) is 0.233. The minimum absolute atomic E-state index is 0.0772. The molecule has 0 unspecified atom stereocenters. The van der Waals surface area contributed by atoms with Gasteiger partial charge in [0.05, 0.1) is 14.1 Å². The molecule has 0 amide bonds. The van der Waals surface area contributed by atoms with Crippen molar-refractivity contribution in [2.24, 2.45) is 0 Å². The third-order valence-electron chi connectivity index (χ3n) is 3.73. The maximum atomic E-state index is 8.83. The Hall–Kier alpha value is 0.0500. The molecule has 0 atom stereocenters. The summed E-state index contributed by atoms with van der Waals surface area (Å²) in [6, 6.07) is 0. The Labute approximate surface area is 110 Å². The van der Waals surface area contributed by atoms with Crippen molar-refractivity contribution in [1.29, 1.82) is 0 Å². The first-order valence-electron chi connectivity index (χ1n) is 6.06. The number of quaternary nitrogens is 1. The molecule has 1 aliphatic carbocycles. The van der Waals surface area contributed by atoms with E-state index in [2.05, 4.69) is 27.9 Å². The molecule has 0 aromatic carbocycles. The molecule has 1 saturated carbocycles. The molecule has 1 heterocycles. The Morgan fingerprint density at radius 3 is 1.78 bits per heavy atom. The summed E-state index contributed by atoms with van der Waals surface area (Å²) in [5.74, 6) is 0. The molecule has 18 heavy (non-hydrogen) atoms. The summed E-state index contributed by atoms with van der Waals surface area (Å²) in [7, 11) is 0.445. The molecule has 1 spiro atoms. The number of ether oxygens (including phenoxy) is 1. The summed E-state index contributed by atoms with van der Waals surface area (Å²) in [6.07, 6.45) is 5.20. The SMILES string of the molecule is CC1(C)C[N+](C)(C)C2(CCCC2)O1.[O-][Cl+](O)(O)O. The van der Waals surface area contributed by atoms with E-state index in [1.807, 2.05) is 0 Å². The molecule has 0 radical (unpaired) electrons. The Balaban J connectivity index is 0.000000280. The van der Waals surface area contributed by atoms with Gasteiger partial charge in [-0.3, -0.25) is 4.48 Å². The van der Waals surface area contributed by atoms with E-state index in [1.54, 1.807) is 0 Å². The molecule has 7 heteroatoms. The third-order valence-corrected chi connectivity index (χ3v) is 3.73. The van der Waals surface area contributed by atoms with Gasteiger partial charge in [-0.1, -0.05) is 0 Å². The van der Waals surface area contributed by atoms with Crippen molar-refractivity contribution in [3.63, 3.8) is 0 Å². The van der Waals surface area contributed by atoms with Gasteiger partial charge in [-0.15, -0.1) is 0 Å². The quantitative estimate of drug-likeness (QED) is 0.511. The number of nitrogens with zero attached hydrogens (tertiary/aromatic N) is 1. The van der Waals surface area contributed by atoms with Gasteiger partial charge >= 0.3 is 28.9 Å². The van der Waals surface area contributed by atoms with Crippen LogP contribution in [0.15, 0.2) is 0 Å². The molecule has 1 aliphatic heterocycles. The van der Waals surface area contributed by atoms with Crippen molar-refractivity contribution in [1.82, 2.24) is 0 Å². The zero-order chi connectivity index (χ0) is 14.2. The van der Waals surface area contributed by atoms with Crippen LogP contribution in [-0.4, -0.2) is 50.4 Å². The standard InChI is InChI=1S/C11H22NO.ClH3O4/c1-10(2)9-12(3,4)11(13-10)7-5-6-8-11;2-1(3,4)5/h5-9H2,1-4H3;2-4H/q+1;. The van der Waals surface area contributed by atoms with E-state index in [1.165, 1.54) is 25.7 Å². The second kappa shape index (κ2) is 4.86. The fraction of sp³-hybridized carbons (Fsp3) is 1.00. The molecular formula is C11H25ClNO5+. The predicted molar refractivity (Wildman–Crippen MR) is 60.0 cm³/mol. The molecule has 0 aromatic rings.